The van der Waals surface area contributed by atoms with Gasteiger partial charge in [-0.1, -0.05) is 0 Å². The lowest BCUT2D eigenvalue weighted by molar-refractivity contribution is 0.218. The number of nitrogens with zero attached hydrogens (tertiary/aromatic N) is 4. The van der Waals surface area contributed by atoms with Gasteiger partial charge < -0.3 is 10.2 Å². The van der Waals surface area contributed by atoms with Crippen LogP contribution in [-0.4, -0.2) is 23.7 Å². The van der Waals surface area contributed by atoms with E-state index in [1.165, 1.54) is 0 Å². The van der Waals surface area contributed by atoms with Gasteiger partial charge in [0.15, 0.2) is 0 Å². The average Bonchev–Trinajstić information content (AvgIpc) is 2.41. The highest BCUT2D eigenvalue weighted by Crippen LogP contribution is 2.25. The molecule has 2 rings (SSSR count). The van der Waals surface area contributed by atoms with Gasteiger partial charge in [0, 0.05) is 19.3 Å². The number of urea groups is 1. The number of nitrogens with one attached hydrogen (secondary N) is 2. The number of amides is 2. The summed E-state index contributed by atoms with van der Waals surface area (Å²) in [6, 6.07) is 8.43. The largest absolute Gasteiger partial charge is 0.323 e. The first-order valence-corrected chi connectivity index (χ1v) is 5.43. The van der Waals surface area contributed by atoms with E-state index < -0.39 is 0 Å². The second kappa shape index (κ2) is 5.07. The van der Waals surface area contributed by atoms with Gasteiger partial charge in [0.25, 0.3) is 0 Å². The van der Waals surface area contributed by atoms with Gasteiger partial charge in [-0.15, -0.1) is 0 Å². The molecular formula is C12H10N6O. The lowest BCUT2D eigenvalue weighted by atomic mass is 10.1. The fourth-order valence-electron chi connectivity index (χ4n) is 1.65. The first-order valence-electron chi connectivity index (χ1n) is 5.43. The maximum atomic E-state index is 11.4. The van der Waals surface area contributed by atoms with Crippen molar-refractivity contribution >= 4 is 23.1 Å². The molecule has 7 nitrogen and oxygen atoms in total. The number of hydrazone groups is 1. The number of carbonyl (C=O) groups is 1. The Morgan fingerprint density at radius 1 is 1.47 bits per heavy atom. The zero-order valence-electron chi connectivity index (χ0n) is 10.1. The summed E-state index contributed by atoms with van der Waals surface area (Å²) in [4.78, 5) is 13.0. The van der Waals surface area contributed by atoms with Crippen molar-refractivity contribution in [1.82, 2.24) is 4.90 Å². The predicted molar refractivity (Wildman–Crippen MR) is 69.2 cm³/mol. The Hall–Kier alpha value is -3.06. The van der Waals surface area contributed by atoms with E-state index in [4.69, 9.17) is 10.5 Å². The zero-order chi connectivity index (χ0) is 13.8. The average molecular weight is 254 g/mol. The molecule has 1 heterocycles. The molecule has 19 heavy (non-hydrogen) atoms. The molecule has 1 aromatic rings. The van der Waals surface area contributed by atoms with E-state index in [9.17, 15) is 4.79 Å². The predicted octanol–water partition coefficient (Wildman–Crippen LogP) is 1.48. The molecule has 0 saturated heterocycles. The summed E-state index contributed by atoms with van der Waals surface area (Å²) in [7, 11) is 1.69. The van der Waals surface area contributed by atoms with Crippen molar-refractivity contribution in [2.24, 2.45) is 5.10 Å². The molecule has 1 aliphatic heterocycles. The lowest BCUT2D eigenvalue weighted by Gasteiger charge is -2.26. The van der Waals surface area contributed by atoms with Gasteiger partial charge in [-0.25, -0.2) is 4.79 Å². The number of carbonyl (C=O) groups excluding carboxylic acids is 1. The highest BCUT2D eigenvalue weighted by atomic mass is 16.2. The summed E-state index contributed by atoms with van der Waals surface area (Å²) >= 11 is 0. The number of anilines is 2. The quantitative estimate of drug-likeness (QED) is 0.616. The third-order valence-electron chi connectivity index (χ3n) is 2.61. The lowest BCUT2D eigenvalue weighted by Crippen LogP contribution is -2.35. The monoisotopic (exact) mass is 254 g/mol. The van der Waals surface area contributed by atoms with Crippen molar-refractivity contribution in [1.29, 1.82) is 10.5 Å². The number of rotatable bonds is 2. The van der Waals surface area contributed by atoms with E-state index in [0.29, 0.717) is 12.2 Å². The first-order chi connectivity index (χ1) is 9.13. The number of nitriles is 2. The second-order valence-electron chi connectivity index (χ2n) is 3.95. The maximum absolute atomic E-state index is 11.4. The molecule has 0 bridgehead atoms. The summed E-state index contributed by atoms with van der Waals surface area (Å²) in [6.07, 6.45) is 0. The van der Waals surface area contributed by atoms with Crippen LogP contribution >= 0.6 is 0 Å². The molecule has 0 aromatic heterocycles. The van der Waals surface area contributed by atoms with Gasteiger partial charge in [0.1, 0.15) is 12.1 Å². The summed E-state index contributed by atoms with van der Waals surface area (Å²) in [5.74, 6) is 0. The molecular weight excluding hydrogens is 244 g/mol. The Bertz CT molecular complexity index is 621. The van der Waals surface area contributed by atoms with Crippen LogP contribution in [0.25, 0.3) is 0 Å². The Morgan fingerprint density at radius 2 is 2.21 bits per heavy atom. The molecule has 0 spiro atoms. The number of hydrogen-bond donors (Lipinski definition) is 2. The molecule has 1 aromatic carbocycles. The van der Waals surface area contributed by atoms with E-state index in [1.807, 2.05) is 0 Å². The fourth-order valence-corrected chi connectivity index (χ4v) is 1.65. The van der Waals surface area contributed by atoms with Crippen LogP contribution in [0.2, 0.25) is 0 Å². The van der Waals surface area contributed by atoms with Gasteiger partial charge in [-0.3, -0.25) is 5.43 Å². The minimum atomic E-state index is -0.247. The number of fused-ring (bicyclic) bond motifs is 1. The van der Waals surface area contributed by atoms with E-state index in [0.717, 1.165) is 11.3 Å². The second-order valence-corrected chi connectivity index (χ2v) is 3.95. The summed E-state index contributed by atoms with van der Waals surface area (Å²) in [5, 5.41) is 23.5. The molecule has 1 aliphatic rings. The van der Waals surface area contributed by atoms with Crippen LogP contribution in [0, 0.1) is 22.7 Å². The molecule has 2 amide bonds. The van der Waals surface area contributed by atoms with Gasteiger partial charge in [0.05, 0.1) is 5.69 Å². The van der Waals surface area contributed by atoms with Crippen molar-refractivity contribution in [3.8, 4) is 12.1 Å². The van der Waals surface area contributed by atoms with Crippen LogP contribution in [0.4, 0.5) is 16.2 Å². The standard InChI is InChI=1S/C12H10N6O/c1-18-7-8-4-9(16-17-10(5-13)6-14)2-3-11(8)15-12(18)19/h2-4,16H,7H2,1H3,(H,15,19). The van der Waals surface area contributed by atoms with E-state index in [-0.39, 0.29) is 11.7 Å². The highest BCUT2D eigenvalue weighted by molar-refractivity contribution is 6.10. The smallest absolute Gasteiger partial charge is 0.321 e. The van der Waals surface area contributed by atoms with Crippen LogP contribution < -0.4 is 10.7 Å². The Labute approximate surface area is 109 Å². The van der Waals surface area contributed by atoms with Gasteiger partial charge in [-0.2, -0.15) is 15.6 Å². The Balaban J connectivity index is 2.21. The minimum Gasteiger partial charge on any atom is -0.323 e. The molecule has 0 atom stereocenters. The molecule has 2 N–H and O–H groups in total. The molecule has 0 fully saturated rings. The Kier molecular flexibility index (Phi) is 3.31. The van der Waals surface area contributed by atoms with Crippen molar-refractivity contribution in [2.45, 2.75) is 6.54 Å². The Morgan fingerprint density at radius 3 is 2.89 bits per heavy atom. The third-order valence-corrected chi connectivity index (χ3v) is 2.61. The van der Waals surface area contributed by atoms with Crippen LogP contribution in [-0.2, 0) is 6.54 Å². The molecule has 0 radical (unpaired) electrons. The number of hydrogen-bond acceptors (Lipinski definition) is 5. The highest BCUT2D eigenvalue weighted by Gasteiger charge is 2.19. The van der Waals surface area contributed by atoms with Crippen molar-refractivity contribution in [3.63, 3.8) is 0 Å². The summed E-state index contributed by atoms with van der Waals surface area (Å²) < 4.78 is 0. The van der Waals surface area contributed by atoms with Crippen LogP contribution in [0.1, 0.15) is 5.56 Å². The van der Waals surface area contributed by atoms with Crippen molar-refractivity contribution < 1.29 is 4.79 Å². The molecule has 0 saturated carbocycles. The normalized spacial score (nSPS) is 12.6. The minimum absolute atomic E-state index is 0.150. The van der Waals surface area contributed by atoms with E-state index in [2.05, 4.69) is 15.8 Å². The summed E-state index contributed by atoms with van der Waals surface area (Å²) in [6.45, 7) is 0.490. The van der Waals surface area contributed by atoms with Crippen LogP contribution in [0.5, 0.6) is 0 Å². The zero-order valence-corrected chi connectivity index (χ0v) is 10.1. The molecule has 0 aliphatic carbocycles. The van der Waals surface area contributed by atoms with Gasteiger partial charge >= 0.3 is 6.03 Å². The molecule has 7 heteroatoms. The van der Waals surface area contributed by atoms with Gasteiger partial charge in [-0.05, 0) is 23.8 Å². The van der Waals surface area contributed by atoms with Gasteiger partial charge in [0.2, 0.25) is 5.71 Å². The molecule has 0 unspecified atom stereocenters. The van der Waals surface area contributed by atoms with E-state index in [1.54, 1.807) is 42.3 Å². The first kappa shape index (κ1) is 12.4. The number of benzene rings is 1. The van der Waals surface area contributed by atoms with Crippen LogP contribution in [0.15, 0.2) is 23.3 Å². The maximum Gasteiger partial charge on any atom is 0.321 e. The SMILES string of the molecule is CN1Cc2cc(NN=C(C#N)C#N)ccc2NC1=O. The third kappa shape index (κ3) is 2.61. The van der Waals surface area contributed by atoms with Crippen LogP contribution in [0.3, 0.4) is 0 Å². The fraction of sp³-hybridized carbons (Fsp3) is 0.167. The van der Waals surface area contributed by atoms with Crippen molar-refractivity contribution in [3.05, 3.63) is 23.8 Å². The molecule has 94 valence electrons. The van der Waals surface area contributed by atoms with Crippen molar-refractivity contribution in [2.75, 3.05) is 17.8 Å². The topological polar surface area (TPSA) is 104 Å². The van der Waals surface area contributed by atoms with E-state index >= 15 is 0 Å². The summed E-state index contributed by atoms with van der Waals surface area (Å²) in [5.41, 5.74) is 4.71.